The molecule has 0 aliphatic carbocycles. The SMILES string of the molecule is CCOP(=O)(COS(=O)(=O)c1ccc(C)cc1)OCC.Cc1ccc(S(=O)(=O)OCP(=O)(O)O)cc1.c1ccncc1.c1ccncc1. The monoisotopic (exact) mass is 746 g/mol. The van der Waals surface area contributed by atoms with E-state index in [1.54, 1.807) is 69.8 Å². The first-order valence-corrected chi connectivity index (χ1v) is 20.4. The van der Waals surface area contributed by atoms with E-state index in [0.29, 0.717) is 0 Å². The second-order valence-electron chi connectivity index (χ2n) is 9.19. The molecule has 0 aliphatic rings. The molecule has 14 nitrogen and oxygen atoms in total. The van der Waals surface area contributed by atoms with E-state index in [1.807, 2.05) is 43.3 Å². The topological polar surface area (TPSA) is 206 Å². The van der Waals surface area contributed by atoms with E-state index in [9.17, 15) is 26.0 Å². The van der Waals surface area contributed by atoms with Gasteiger partial charge in [-0.25, -0.2) is 0 Å². The Balaban J connectivity index is 0.000000360. The second kappa shape index (κ2) is 21.8. The third-order valence-electron chi connectivity index (χ3n) is 5.15. The molecular weight excluding hydrogens is 706 g/mol. The van der Waals surface area contributed by atoms with Gasteiger partial charge in [-0.05, 0) is 76.2 Å². The van der Waals surface area contributed by atoms with Crippen molar-refractivity contribution in [2.75, 3.05) is 25.9 Å². The Labute approximate surface area is 282 Å². The summed E-state index contributed by atoms with van der Waals surface area (Å²) in [5.41, 5.74) is 1.80. The molecule has 4 aromatic rings. The van der Waals surface area contributed by atoms with E-state index >= 15 is 0 Å². The van der Waals surface area contributed by atoms with Crippen molar-refractivity contribution < 1.29 is 53.2 Å². The van der Waals surface area contributed by atoms with E-state index in [-0.39, 0.29) is 23.0 Å². The maximum Gasteiger partial charge on any atom is 0.357 e. The first-order chi connectivity index (χ1) is 22.5. The van der Waals surface area contributed by atoms with Crippen LogP contribution in [0.15, 0.2) is 120 Å². The largest absolute Gasteiger partial charge is 0.357 e. The van der Waals surface area contributed by atoms with Crippen LogP contribution in [0.25, 0.3) is 0 Å². The van der Waals surface area contributed by atoms with Crippen LogP contribution in [0.3, 0.4) is 0 Å². The van der Waals surface area contributed by atoms with Gasteiger partial charge in [0.1, 0.15) is 0 Å². The zero-order chi connectivity index (χ0) is 36.1. The highest BCUT2D eigenvalue weighted by atomic mass is 32.2. The molecule has 0 fully saturated rings. The Morgan fingerprint density at radius 3 is 1.17 bits per heavy atom. The van der Waals surface area contributed by atoms with Gasteiger partial charge in [0.05, 0.1) is 23.0 Å². The minimum Gasteiger partial charge on any atom is -0.323 e. The van der Waals surface area contributed by atoms with Gasteiger partial charge < -0.3 is 18.8 Å². The average Bonchev–Trinajstić information content (AvgIpc) is 3.06. The van der Waals surface area contributed by atoms with Gasteiger partial charge in [-0.3, -0.25) is 27.5 Å². The summed E-state index contributed by atoms with van der Waals surface area (Å²) in [6.45, 7) is 7.19. The summed E-state index contributed by atoms with van der Waals surface area (Å²) in [6, 6.07) is 23.3. The van der Waals surface area contributed by atoms with Crippen LogP contribution in [0.1, 0.15) is 25.0 Å². The number of aryl methyl sites for hydroxylation is 2. The Hall–Kier alpha value is -3.14. The number of nitrogens with zero attached hydrogens (tertiary/aromatic N) is 2. The van der Waals surface area contributed by atoms with E-state index in [4.69, 9.17) is 23.0 Å². The van der Waals surface area contributed by atoms with Crippen LogP contribution >= 0.6 is 15.2 Å². The Bertz CT molecular complexity index is 1660. The number of benzene rings is 2. The van der Waals surface area contributed by atoms with E-state index in [1.165, 1.54) is 24.3 Å². The van der Waals surface area contributed by atoms with Crippen LogP contribution in [0.2, 0.25) is 0 Å². The molecule has 2 aromatic heterocycles. The van der Waals surface area contributed by atoms with Crippen molar-refractivity contribution in [1.82, 2.24) is 9.97 Å². The summed E-state index contributed by atoms with van der Waals surface area (Å²) in [5.74, 6) is 0. The molecule has 0 atom stereocenters. The van der Waals surface area contributed by atoms with Crippen molar-refractivity contribution in [2.24, 2.45) is 0 Å². The first-order valence-electron chi connectivity index (χ1n) is 14.1. The Morgan fingerprint density at radius 1 is 0.583 bits per heavy atom. The molecule has 18 heteroatoms. The first kappa shape index (κ1) is 42.9. The lowest BCUT2D eigenvalue weighted by molar-refractivity contribution is 0.198. The predicted octanol–water partition coefficient (Wildman–Crippen LogP) is 5.92. The smallest absolute Gasteiger partial charge is 0.323 e. The molecule has 0 unspecified atom stereocenters. The van der Waals surface area contributed by atoms with Gasteiger partial charge in [0, 0.05) is 24.8 Å². The van der Waals surface area contributed by atoms with Crippen LogP contribution in [-0.2, 0) is 46.8 Å². The molecule has 0 aliphatic heterocycles. The van der Waals surface area contributed by atoms with Gasteiger partial charge in [-0.2, -0.15) is 16.8 Å². The molecule has 0 radical (unpaired) electrons. The summed E-state index contributed by atoms with van der Waals surface area (Å²) < 4.78 is 88.3. The van der Waals surface area contributed by atoms with Crippen molar-refractivity contribution in [1.29, 1.82) is 0 Å². The van der Waals surface area contributed by atoms with Crippen molar-refractivity contribution in [3.8, 4) is 0 Å². The fourth-order valence-electron chi connectivity index (χ4n) is 2.95. The zero-order valence-corrected chi connectivity index (χ0v) is 30.2. The van der Waals surface area contributed by atoms with Crippen LogP contribution in [-0.4, -0.2) is 62.5 Å². The lowest BCUT2D eigenvalue weighted by Gasteiger charge is -2.16. The lowest BCUT2D eigenvalue weighted by Crippen LogP contribution is -2.10. The Morgan fingerprint density at radius 2 is 0.917 bits per heavy atom. The zero-order valence-electron chi connectivity index (χ0n) is 26.8. The fraction of sp³-hybridized carbons (Fsp3) is 0.267. The highest BCUT2D eigenvalue weighted by Crippen LogP contribution is 2.48. The molecule has 2 heterocycles. The molecule has 0 amide bonds. The molecule has 0 spiro atoms. The number of pyridine rings is 2. The third-order valence-corrected chi connectivity index (χ3v) is 10.3. The number of rotatable bonds is 12. The van der Waals surface area contributed by atoms with E-state index < -0.39 is 48.1 Å². The van der Waals surface area contributed by atoms with Gasteiger partial charge in [-0.1, -0.05) is 47.5 Å². The molecule has 2 N–H and O–H groups in total. The summed E-state index contributed by atoms with van der Waals surface area (Å²) in [5, 5.41) is 0. The molecule has 0 bridgehead atoms. The van der Waals surface area contributed by atoms with Gasteiger partial charge in [0.2, 0.25) is 0 Å². The Kier molecular flexibility index (Phi) is 19.4. The molecule has 48 heavy (non-hydrogen) atoms. The van der Waals surface area contributed by atoms with Gasteiger partial charge in [0.25, 0.3) is 20.2 Å². The van der Waals surface area contributed by atoms with Crippen molar-refractivity contribution in [2.45, 2.75) is 37.5 Å². The number of aromatic nitrogens is 2. The quantitative estimate of drug-likeness (QED) is 0.128. The lowest BCUT2D eigenvalue weighted by atomic mass is 10.2. The normalized spacial score (nSPS) is 11.5. The van der Waals surface area contributed by atoms with E-state index in [0.717, 1.165) is 11.1 Å². The maximum absolute atomic E-state index is 12.1. The van der Waals surface area contributed by atoms with E-state index in [2.05, 4.69) is 14.2 Å². The predicted molar refractivity (Wildman–Crippen MR) is 180 cm³/mol. The minimum atomic E-state index is -4.49. The average molecular weight is 747 g/mol. The molecular formula is C30H40N2O12P2S2. The molecule has 0 saturated heterocycles. The number of hydrogen-bond donors (Lipinski definition) is 2. The molecule has 4 rings (SSSR count). The van der Waals surface area contributed by atoms with Crippen molar-refractivity contribution in [3.05, 3.63) is 121 Å². The van der Waals surface area contributed by atoms with Gasteiger partial charge in [-0.15, -0.1) is 0 Å². The van der Waals surface area contributed by atoms with Crippen molar-refractivity contribution >= 4 is 35.4 Å². The second-order valence-corrected chi connectivity index (χ2v) is 16.0. The van der Waals surface area contributed by atoms with Gasteiger partial charge >= 0.3 is 15.2 Å². The molecule has 0 saturated carbocycles. The highest BCUT2D eigenvalue weighted by molar-refractivity contribution is 7.87. The minimum absolute atomic E-state index is 0.00245. The molecule has 264 valence electrons. The summed E-state index contributed by atoms with van der Waals surface area (Å²) in [7, 11) is -16.1. The third kappa shape index (κ3) is 19.0. The van der Waals surface area contributed by atoms with Crippen LogP contribution in [0.5, 0.6) is 0 Å². The summed E-state index contributed by atoms with van der Waals surface area (Å²) >= 11 is 0. The van der Waals surface area contributed by atoms with Crippen LogP contribution in [0, 0.1) is 13.8 Å². The van der Waals surface area contributed by atoms with Gasteiger partial charge in [0.15, 0.2) is 12.7 Å². The molecule has 2 aromatic carbocycles. The van der Waals surface area contributed by atoms with Crippen LogP contribution < -0.4 is 0 Å². The maximum atomic E-state index is 12.1. The summed E-state index contributed by atoms with van der Waals surface area (Å²) in [6.07, 6.45) is 5.22. The number of hydrogen-bond acceptors (Lipinski definition) is 12. The fourth-order valence-corrected chi connectivity index (χ4v) is 7.35. The van der Waals surface area contributed by atoms with Crippen molar-refractivity contribution in [3.63, 3.8) is 0 Å². The van der Waals surface area contributed by atoms with Crippen LogP contribution in [0.4, 0.5) is 0 Å². The highest BCUT2D eigenvalue weighted by Gasteiger charge is 2.28. The summed E-state index contributed by atoms with van der Waals surface area (Å²) in [4.78, 5) is 24.4. The standard InChI is InChI=1S/C12H19O6PS.C8H11O6PS.2C5H5N/c1-4-16-19(13,17-5-2)10-18-20(14,15)12-8-6-11(3)7-9-12;1-7-2-4-8(5-3-7)16(12,13)14-6-15(9,10)11;2*1-2-4-6-5-3-1/h6-9H,4-5,10H2,1-3H3;2-5H,6H2,1H3,(H2,9,10,11);2*1-5H.